The monoisotopic (exact) mass is 217 g/mol. The summed E-state index contributed by atoms with van der Waals surface area (Å²) in [5, 5.41) is 0. The molecule has 1 aromatic heterocycles. The van der Waals surface area contributed by atoms with Crippen molar-refractivity contribution in [3.8, 4) is 0 Å². The molecule has 0 radical (unpaired) electrons. The Bertz CT molecular complexity index is 384. The van der Waals surface area contributed by atoms with Crippen LogP contribution in [0.2, 0.25) is 0 Å². The zero-order valence-electron chi connectivity index (χ0n) is 10.1. The van der Waals surface area contributed by atoms with Gasteiger partial charge in [0.05, 0.1) is 18.9 Å². The van der Waals surface area contributed by atoms with Crippen LogP contribution in [0, 0.1) is 0 Å². The molecule has 16 heavy (non-hydrogen) atoms. The molecular weight excluding hydrogens is 198 g/mol. The fourth-order valence-electron chi connectivity index (χ4n) is 1.87. The summed E-state index contributed by atoms with van der Waals surface area (Å²) in [6.07, 6.45) is 4.27. The fraction of sp³-hybridized carbons (Fsp3) is 0.500. The van der Waals surface area contributed by atoms with Crippen molar-refractivity contribution >= 4 is 5.57 Å². The molecule has 0 saturated carbocycles. The van der Waals surface area contributed by atoms with Gasteiger partial charge >= 0.3 is 0 Å². The first-order chi connectivity index (χ1) is 7.81. The molecule has 0 N–H and O–H groups in total. The third kappa shape index (κ3) is 2.50. The predicted octanol–water partition coefficient (Wildman–Crippen LogP) is 3.40. The van der Waals surface area contributed by atoms with Crippen molar-refractivity contribution in [1.29, 1.82) is 0 Å². The van der Waals surface area contributed by atoms with Crippen LogP contribution in [0.15, 0.2) is 24.3 Å². The van der Waals surface area contributed by atoms with Crippen LogP contribution in [-0.4, -0.2) is 18.2 Å². The van der Waals surface area contributed by atoms with Gasteiger partial charge in [0, 0.05) is 5.69 Å². The van der Waals surface area contributed by atoms with E-state index in [2.05, 4.69) is 38.1 Å². The van der Waals surface area contributed by atoms with E-state index in [-0.39, 0.29) is 0 Å². The summed E-state index contributed by atoms with van der Waals surface area (Å²) in [4.78, 5) is 4.74. The highest BCUT2D eigenvalue weighted by Crippen LogP contribution is 2.22. The van der Waals surface area contributed by atoms with Crippen LogP contribution in [0.3, 0.4) is 0 Å². The number of aromatic nitrogens is 1. The van der Waals surface area contributed by atoms with Crippen molar-refractivity contribution in [2.45, 2.75) is 32.6 Å². The molecule has 0 spiro atoms. The maximum atomic E-state index is 5.32. The van der Waals surface area contributed by atoms with Crippen molar-refractivity contribution in [3.63, 3.8) is 0 Å². The van der Waals surface area contributed by atoms with Gasteiger partial charge in [-0.2, -0.15) is 0 Å². The lowest BCUT2D eigenvalue weighted by Crippen LogP contribution is -2.06. The summed E-state index contributed by atoms with van der Waals surface area (Å²) in [6, 6.07) is 6.33. The highest BCUT2D eigenvalue weighted by atomic mass is 16.5. The highest BCUT2D eigenvalue weighted by Gasteiger charge is 2.10. The summed E-state index contributed by atoms with van der Waals surface area (Å²) in [7, 11) is 0. The lowest BCUT2D eigenvalue weighted by atomic mass is 10.0. The summed E-state index contributed by atoms with van der Waals surface area (Å²) >= 11 is 0. The molecule has 0 fully saturated rings. The molecule has 2 heteroatoms. The van der Waals surface area contributed by atoms with E-state index >= 15 is 0 Å². The van der Waals surface area contributed by atoms with E-state index in [1.54, 1.807) is 0 Å². The van der Waals surface area contributed by atoms with Crippen LogP contribution in [0.4, 0.5) is 0 Å². The molecule has 1 aliphatic heterocycles. The Morgan fingerprint density at radius 3 is 3.00 bits per heavy atom. The topological polar surface area (TPSA) is 22.1 Å². The average molecular weight is 217 g/mol. The minimum Gasteiger partial charge on any atom is -0.377 e. The highest BCUT2D eigenvalue weighted by molar-refractivity contribution is 5.63. The molecule has 2 nitrogen and oxygen atoms in total. The second-order valence-electron chi connectivity index (χ2n) is 4.31. The Labute approximate surface area is 97.4 Å². The lowest BCUT2D eigenvalue weighted by Gasteiger charge is -2.15. The van der Waals surface area contributed by atoms with Crippen LogP contribution in [0.25, 0.3) is 5.57 Å². The quantitative estimate of drug-likeness (QED) is 0.774. The van der Waals surface area contributed by atoms with E-state index < -0.39 is 0 Å². The van der Waals surface area contributed by atoms with Crippen molar-refractivity contribution in [2.75, 3.05) is 13.2 Å². The van der Waals surface area contributed by atoms with Crippen molar-refractivity contribution in [1.82, 2.24) is 4.98 Å². The van der Waals surface area contributed by atoms with Gasteiger partial charge in [0.2, 0.25) is 0 Å². The zero-order chi connectivity index (χ0) is 11.4. The number of hydrogen-bond donors (Lipinski definition) is 0. The van der Waals surface area contributed by atoms with Gasteiger partial charge in [-0.3, -0.25) is 4.98 Å². The molecule has 1 atom stereocenters. The molecule has 0 saturated heterocycles. The Balaban J connectivity index is 2.24. The smallest absolute Gasteiger partial charge is 0.0663 e. The molecule has 0 unspecified atom stereocenters. The van der Waals surface area contributed by atoms with Gasteiger partial charge in [0.1, 0.15) is 0 Å². The summed E-state index contributed by atoms with van der Waals surface area (Å²) in [5.74, 6) is 0.542. The lowest BCUT2D eigenvalue weighted by molar-refractivity contribution is 0.161. The van der Waals surface area contributed by atoms with Crippen molar-refractivity contribution < 1.29 is 4.74 Å². The zero-order valence-corrected chi connectivity index (χ0v) is 10.1. The first-order valence-corrected chi connectivity index (χ1v) is 6.05. The van der Waals surface area contributed by atoms with Gasteiger partial charge < -0.3 is 4.74 Å². The largest absolute Gasteiger partial charge is 0.377 e. The second kappa shape index (κ2) is 5.26. The van der Waals surface area contributed by atoms with Gasteiger partial charge in [0.25, 0.3) is 0 Å². The first kappa shape index (κ1) is 11.3. The number of ether oxygens (including phenoxy) is 1. The molecule has 2 rings (SSSR count). The summed E-state index contributed by atoms with van der Waals surface area (Å²) in [6.45, 7) is 5.98. The standard InChI is InChI=1S/C14H19NO/c1-3-11(2)13-5-4-6-14(15-13)12-7-9-16-10-8-12/h4-7,11H,3,8-10H2,1-2H3/t11-/m1/s1. The molecule has 0 aromatic carbocycles. The Kier molecular flexibility index (Phi) is 3.73. The van der Waals surface area contributed by atoms with E-state index in [1.807, 2.05) is 0 Å². The molecule has 0 bridgehead atoms. The normalized spacial score (nSPS) is 18.0. The molecule has 86 valence electrons. The Hall–Kier alpha value is -1.15. The van der Waals surface area contributed by atoms with Gasteiger partial charge in [-0.05, 0) is 36.5 Å². The SMILES string of the molecule is CC[C@@H](C)c1cccc(C2=CCOCC2)n1. The minimum atomic E-state index is 0.542. The molecule has 0 aliphatic carbocycles. The maximum Gasteiger partial charge on any atom is 0.0663 e. The number of pyridine rings is 1. The third-order valence-corrected chi connectivity index (χ3v) is 3.18. The maximum absolute atomic E-state index is 5.32. The van der Waals surface area contributed by atoms with E-state index in [0.29, 0.717) is 5.92 Å². The second-order valence-corrected chi connectivity index (χ2v) is 4.31. The number of nitrogens with zero attached hydrogens (tertiary/aromatic N) is 1. The Morgan fingerprint density at radius 1 is 1.44 bits per heavy atom. The van der Waals surface area contributed by atoms with Gasteiger partial charge in [-0.15, -0.1) is 0 Å². The Morgan fingerprint density at radius 2 is 2.31 bits per heavy atom. The summed E-state index contributed by atoms with van der Waals surface area (Å²) in [5.41, 5.74) is 3.66. The minimum absolute atomic E-state index is 0.542. The average Bonchev–Trinajstić information content (AvgIpc) is 2.39. The number of rotatable bonds is 3. The van der Waals surface area contributed by atoms with E-state index in [9.17, 15) is 0 Å². The van der Waals surface area contributed by atoms with Crippen LogP contribution in [0.5, 0.6) is 0 Å². The van der Waals surface area contributed by atoms with Crippen LogP contribution in [-0.2, 0) is 4.74 Å². The van der Waals surface area contributed by atoms with E-state index in [1.165, 1.54) is 11.3 Å². The molecule has 1 aromatic rings. The van der Waals surface area contributed by atoms with Crippen LogP contribution >= 0.6 is 0 Å². The predicted molar refractivity (Wildman–Crippen MR) is 66.4 cm³/mol. The molecule has 2 heterocycles. The van der Waals surface area contributed by atoms with Crippen molar-refractivity contribution in [3.05, 3.63) is 35.7 Å². The number of hydrogen-bond acceptors (Lipinski definition) is 2. The van der Waals surface area contributed by atoms with Gasteiger partial charge in [-0.1, -0.05) is 26.0 Å². The van der Waals surface area contributed by atoms with E-state index in [0.717, 1.165) is 31.7 Å². The van der Waals surface area contributed by atoms with Gasteiger partial charge in [-0.25, -0.2) is 0 Å². The molecule has 0 amide bonds. The third-order valence-electron chi connectivity index (χ3n) is 3.18. The van der Waals surface area contributed by atoms with Gasteiger partial charge in [0.15, 0.2) is 0 Å². The van der Waals surface area contributed by atoms with Crippen LogP contribution in [0.1, 0.15) is 44.0 Å². The van der Waals surface area contributed by atoms with Crippen molar-refractivity contribution in [2.24, 2.45) is 0 Å². The molecular formula is C14H19NO. The summed E-state index contributed by atoms with van der Waals surface area (Å²) < 4.78 is 5.32. The fourth-order valence-corrected chi connectivity index (χ4v) is 1.87. The van der Waals surface area contributed by atoms with Crippen LogP contribution < -0.4 is 0 Å². The van der Waals surface area contributed by atoms with E-state index in [4.69, 9.17) is 9.72 Å². The first-order valence-electron chi connectivity index (χ1n) is 6.05. The molecule has 1 aliphatic rings.